The summed E-state index contributed by atoms with van der Waals surface area (Å²) in [6.45, 7) is 3.75. The molecule has 3 rings (SSSR count). The molecular formula is C20H24N4O2S. The third kappa shape index (κ3) is 5.29. The molecule has 3 heterocycles. The van der Waals surface area contributed by atoms with E-state index in [1.807, 2.05) is 23.1 Å². The van der Waals surface area contributed by atoms with Crippen LogP contribution in [-0.2, 0) is 11.3 Å². The summed E-state index contributed by atoms with van der Waals surface area (Å²) in [5.41, 5.74) is 1.65. The summed E-state index contributed by atoms with van der Waals surface area (Å²) in [6, 6.07) is 7.40. The van der Waals surface area contributed by atoms with E-state index in [9.17, 15) is 9.59 Å². The van der Waals surface area contributed by atoms with Crippen LogP contribution in [0.3, 0.4) is 0 Å². The van der Waals surface area contributed by atoms with Gasteiger partial charge in [0.1, 0.15) is 0 Å². The van der Waals surface area contributed by atoms with Crippen molar-refractivity contribution >= 4 is 23.6 Å². The molecule has 0 unspecified atom stereocenters. The largest absolute Gasteiger partial charge is 0.352 e. The number of rotatable bonds is 6. The highest BCUT2D eigenvalue weighted by atomic mass is 32.2. The second-order valence-electron chi connectivity index (χ2n) is 6.46. The van der Waals surface area contributed by atoms with Crippen LogP contribution in [0, 0.1) is 5.92 Å². The van der Waals surface area contributed by atoms with Gasteiger partial charge in [-0.15, -0.1) is 11.8 Å². The summed E-state index contributed by atoms with van der Waals surface area (Å²) in [6.07, 6.45) is 6.52. The minimum atomic E-state index is -0.0469. The smallest absolute Gasteiger partial charge is 0.254 e. The Bertz CT molecular complexity index is 777. The highest BCUT2D eigenvalue weighted by Gasteiger charge is 2.27. The summed E-state index contributed by atoms with van der Waals surface area (Å²) in [4.78, 5) is 35.3. The van der Waals surface area contributed by atoms with Crippen molar-refractivity contribution in [3.05, 3.63) is 54.0 Å². The lowest BCUT2D eigenvalue weighted by Gasteiger charge is -2.31. The van der Waals surface area contributed by atoms with E-state index in [-0.39, 0.29) is 17.7 Å². The lowest BCUT2D eigenvalue weighted by atomic mass is 9.95. The molecule has 1 saturated heterocycles. The van der Waals surface area contributed by atoms with Crippen LogP contribution >= 0.6 is 11.8 Å². The Morgan fingerprint density at radius 1 is 1.26 bits per heavy atom. The van der Waals surface area contributed by atoms with Gasteiger partial charge in [0.2, 0.25) is 5.91 Å². The van der Waals surface area contributed by atoms with Gasteiger partial charge in [-0.25, -0.2) is 4.98 Å². The van der Waals surface area contributed by atoms with E-state index >= 15 is 0 Å². The van der Waals surface area contributed by atoms with Crippen LogP contribution in [0.1, 0.15) is 35.7 Å². The van der Waals surface area contributed by atoms with Crippen LogP contribution in [-0.4, -0.2) is 45.5 Å². The highest BCUT2D eigenvalue weighted by Crippen LogP contribution is 2.21. The monoisotopic (exact) mass is 384 g/mol. The molecule has 0 bridgehead atoms. The Hall–Kier alpha value is -2.41. The molecule has 2 aromatic rings. The van der Waals surface area contributed by atoms with Gasteiger partial charge in [-0.05, 0) is 42.4 Å². The van der Waals surface area contributed by atoms with Crippen molar-refractivity contribution in [2.24, 2.45) is 5.92 Å². The average Bonchev–Trinajstić information content (AvgIpc) is 2.73. The van der Waals surface area contributed by atoms with Crippen molar-refractivity contribution in [2.75, 3.05) is 18.8 Å². The third-order valence-corrected chi connectivity index (χ3v) is 5.42. The fourth-order valence-electron chi connectivity index (χ4n) is 3.13. The van der Waals surface area contributed by atoms with E-state index in [1.165, 1.54) is 0 Å². The second kappa shape index (κ2) is 9.50. The van der Waals surface area contributed by atoms with E-state index in [0.29, 0.717) is 38.0 Å². The molecule has 0 spiro atoms. The first-order chi connectivity index (χ1) is 13.2. The molecule has 1 aliphatic rings. The van der Waals surface area contributed by atoms with Gasteiger partial charge >= 0.3 is 0 Å². The molecule has 7 heteroatoms. The molecule has 2 amide bonds. The number of nitrogens with one attached hydrogen (secondary N) is 1. The van der Waals surface area contributed by atoms with Gasteiger partial charge in [-0.3, -0.25) is 14.6 Å². The summed E-state index contributed by atoms with van der Waals surface area (Å²) < 4.78 is 0. The number of carbonyl (C=O) groups excluding carboxylic acids is 2. The maximum absolute atomic E-state index is 12.7. The average molecular weight is 385 g/mol. The maximum atomic E-state index is 12.7. The molecule has 0 aromatic carbocycles. The standard InChI is InChI=1S/C20H24N4O2S/c1-2-27-18-12-17(5-9-22-18)20(26)24-10-6-16(7-11-24)19(25)23-14-15-4-3-8-21-13-15/h3-5,8-9,12-13,16H,2,6-7,10-11,14H2,1H3,(H,23,25). The molecule has 6 nitrogen and oxygen atoms in total. The molecule has 142 valence electrons. The molecule has 1 N–H and O–H groups in total. The van der Waals surface area contributed by atoms with Crippen molar-refractivity contribution in [2.45, 2.75) is 31.3 Å². The zero-order valence-corrected chi connectivity index (χ0v) is 16.2. The van der Waals surface area contributed by atoms with Crippen LogP contribution in [0.15, 0.2) is 47.9 Å². The Labute approximate surface area is 163 Å². The molecular weight excluding hydrogens is 360 g/mol. The van der Waals surface area contributed by atoms with Crippen LogP contribution < -0.4 is 5.32 Å². The van der Waals surface area contributed by atoms with E-state index in [1.54, 1.807) is 36.4 Å². The number of carbonyl (C=O) groups is 2. The summed E-state index contributed by atoms with van der Waals surface area (Å²) in [5, 5.41) is 3.84. The van der Waals surface area contributed by atoms with Crippen molar-refractivity contribution in [1.29, 1.82) is 0 Å². The molecule has 2 aromatic heterocycles. The Balaban J connectivity index is 1.50. The number of likely N-dealkylation sites (tertiary alicyclic amines) is 1. The number of pyridine rings is 2. The normalized spacial score (nSPS) is 14.8. The molecule has 1 fully saturated rings. The second-order valence-corrected chi connectivity index (χ2v) is 7.75. The van der Waals surface area contributed by atoms with Gasteiger partial charge < -0.3 is 10.2 Å². The Morgan fingerprint density at radius 2 is 2.07 bits per heavy atom. The summed E-state index contributed by atoms with van der Waals surface area (Å²) >= 11 is 1.62. The number of thioether (sulfide) groups is 1. The lowest BCUT2D eigenvalue weighted by Crippen LogP contribution is -2.43. The van der Waals surface area contributed by atoms with Crippen LogP contribution in [0.25, 0.3) is 0 Å². The highest BCUT2D eigenvalue weighted by molar-refractivity contribution is 7.99. The molecule has 27 heavy (non-hydrogen) atoms. The first-order valence-electron chi connectivity index (χ1n) is 9.22. The quantitative estimate of drug-likeness (QED) is 0.775. The predicted molar refractivity (Wildman–Crippen MR) is 105 cm³/mol. The van der Waals surface area contributed by atoms with E-state index in [2.05, 4.69) is 22.2 Å². The summed E-state index contributed by atoms with van der Waals surface area (Å²) in [7, 11) is 0. The van der Waals surface area contributed by atoms with Gasteiger partial charge in [0.15, 0.2) is 0 Å². The van der Waals surface area contributed by atoms with Gasteiger partial charge in [-0.1, -0.05) is 13.0 Å². The third-order valence-electron chi connectivity index (χ3n) is 4.62. The SMILES string of the molecule is CCSc1cc(C(=O)N2CCC(C(=O)NCc3cccnc3)CC2)ccn1. The van der Waals surface area contributed by atoms with Crippen molar-refractivity contribution in [3.63, 3.8) is 0 Å². The number of amides is 2. The van der Waals surface area contributed by atoms with Crippen LogP contribution in [0.5, 0.6) is 0 Å². The number of nitrogens with zero attached hydrogens (tertiary/aromatic N) is 3. The van der Waals surface area contributed by atoms with Gasteiger partial charge in [0.05, 0.1) is 5.03 Å². The van der Waals surface area contributed by atoms with Crippen molar-refractivity contribution < 1.29 is 9.59 Å². The van der Waals surface area contributed by atoms with Crippen molar-refractivity contribution in [3.8, 4) is 0 Å². The molecule has 1 aliphatic heterocycles. The minimum Gasteiger partial charge on any atom is -0.352 e. The number of hydrogen-bond acceptors (Lipinski definition) is 5. The first kappa shape index (κ1) is 19.4. The van der Waals surface area contributed by atoms with Crippen molar-refractivity contribution in [1.82, 2.24) is 20.2 Å². The van der Waals surface area contributed by atoms with E-state index in [0.717, 1.165) is 16.3 Å². The van der Waals surface area contributed by atoms with Gasteiger partial charge in [-0.2, -0.15) is 0 Å². The Kier molecular flexibility index (Phi) is 6.81. The lowest BCUT2D eigenvalue weighted by molar-refractivity contribution is -0.126. The zero-order chi connectivity index (χ0) is 19.1. The van der Waals surface area contributed by atoms with E-state index < -0.39 is 0 Å². The van der Waals surface area contributed by atoms with Gasteiger partial charge in [0, 0.05) is 49.7 Å². The fraction of sp³-hybridized carbons (Fsp3) is 0.400. The molecule has 0 radical (unpaired) electrons. The van der Waals surface area contributed by atoms with Crippen LogP contribution in [0.2, 0.25) is 0 Å². The molecule has 0 saturated carbocycles. The molecule has 0 aliphatic carbocycles. The minimum absolute atomic E-state index is 0.0181. The number of aromatic nitrogens is 2. The maximum Gasteiger partial charge on any atom is 0.254 e. The Morgan fingerprint density at radius 3 is 2.78 bits per heavy atom. The number of hydrogen-bond donors (Lipinski definition) is 1. The van der Waals surface area contributed by atoms with Crippen LogP contribution in [0.4, 0.5) is 0 Å². The zero-order valence-electron chi connectivity index (χ0n) is 15.4. The van der Waals surface area contributed by atoms with Gasteiger partial charge in [0.25, 0.3) is 5.91 Å². The predicted octanol–water partition coefficient (Wildman–Crippen LogP) is 2.76. The number of piperidine rings is 1. The van der Waals surface area contributed by atoms with E-state index in [4.69, 9.17) is 0 Å². The fourth-order valence-corrected chi connectivity index (χ4v) is 3.77. The topological polar surface area (TPSA) is 75.2 Å². The molecule has 0 atom stereocenters. The summed E-state index contributed by atoms with van der Waals surface area (Å²) in [5.74, 6) is 0.944. The first-order valence-corrected chi connectivity index (χ1v) is 10.2.